The number of hydrogen-bond acceptors (Lipinski definition) is 3. The lowest BCUT2D eigenvalue weighted by Crippen LogP contribution is -2.99. The number of nitrogens with zero attached hydrogens (tertiary/aromatic N) is 1. The summed E-state index contributed by atoms with van der Waals surface area (Å²) in [5.74, 6) is -0.326. The minimum atomic E-state index is -0.380. The largest absolute Gasteiger partial charge is 0.465 e. The summed E-state index contributed by atoms with van der Waals surface area (Å²) in [5.41, 5.74) is 2.48. The monoisotopic (exact) mass is 363 g/mol. The van der Waals surface area contributed by atoms with Crippen LogP contribution in [0.5, 0.6) is 0 Å². The van der Waals surface area contributed by atoms with Crippen LogP contribution in [0, 0.1) is 11.7 Å². The molecule has 2 rings (SSSR count). The maximum Gasteiger partial charge on any atom is 0.364 e. The number of methoxy groups -OCH3 is 1. The maximum atomic E-state index is 13.2. The van der Waals surface area contributed by atoms with Crippen LogP contribution < -0.4 is 5.32 Å². The van der Waals surface area contributed by atoms with Crippen molar-refractivity contribution >= 4 is 11.9 Å². The van der Waals surface area contributed by atoms with Gasteiger partial charge in [0.15, 0.2) is 12.2 Å². The Bertz CT molecular complexity index is 698. The predicted octanol–water partition coefficient (Wildman–Crippen LogP) is 1.98. The molecular weight excluding hydrogens is 335 g/mol. The first kappa shape index (κ1) is 20.1. The van der Waals surface area contributed by atoms with Gasteiger partial charge in [-0.3, -0.25) is 9.69 Å². The van der Waals surface area contributed by atoms with Crippen molar-refractivity contribution in [2.75, 3.05) is 7.11 Å². The van der Waals surface area contributed by atoms with Gasteiger partial charge in [-0.15, -0.1) is 0 Å². The van der Waals surface area contributed by atoms with Gasteiger partial charge >= 0.3 is 5.97 Å². The lowest BCUT2D eigenvalue weighted by Gasteiger charge is -2.28. The van der Waals surface area contributed by atoms with Crippen LogP contribution in [0.25, 0.3) is 0 Å². The molecule has 2 N–H and O–H groups in total. The number of esters is 1. The highest BCUT2D eigenvalue weighted by Crippen LogP contribution is 2.24. The number of rotatable bonds is 7. The van der Waals surface area contributed by atoms with Crippen molar-refractivity contribution in [3.05, 3.63) is 46.8 Å². The topological polar surface area (TPSA) is 63.2 Å². The van der Waals surface area contributed by atoms with Crippen molar-refractivity contribution in [1.82, 2.24) is 4.90 Å². The lowest BCUT2D eigenvalue weighted by atomic mass is 10.0. The highest BCUT2D eigenvalue weighted by atomic mass is 19.1. The molecule has 0 aliphatic carbocycles. The van der Waals surface area contributed by atoms with Crippen molar-refractivity contribution in [2.24, 2.45) is 5.92 Å². The van der Waals surface area contributed by atoms with Crippen molar-refractivity contribution in [2.45, 2.75) is 52.9 Å². The van der Waals surface area contributed by atoms with Crippen LogP contribution >= 0.6 is 0 Å². The molecule has 0 bridgehead atoms. The van der Waals surface area contributed by atoms with Crippen molar-refractivity contribution in [3.63, 3.8) is 0 Å². The fourth-order valence-corrected chi connectivity index (χ4v) is 3.30. The Morgan fingerprint density at radius 3 is 2.42 bits per heavy atom. The Morgan fingerprint density at radius 1 is 1.27 bits per heavy atom. The van der Waals surface area contributed by atoms with E-state index in [9.17, 15) is 14.0 Å². The molecule has 0 radical (unpaired) electrons. The van der Waals surface area contributed by atoms with Gasteiger partial charge in [0.05, 0.1) is 13.7 Å². The van der Waals surface area contributed by atoms with E-state index in [1.807, 2.05) is 26.1 Å². The van der Waals surface area contributed by atoms with E-state index in [1.165, 1.54) is 19.2 Å². The molecule has 1 aromatic rings. The Kier molecular flexibility index (Phi) is 6.53. The van der Waals surface area contributed by atoms with Crippen LogP contribution in [0.1, 0.15) is 39.7 Å². The average molecular weight is 363 g/mol. The van der Waals surface area contributed by atoms with Crippen molar-refractivity contribution < 1.29 is 24.0 Å². The van der Waals surface area contributed by atoms with E-state index in [-0.39, 0.29) is 29.9 Å². The van der Waals surface area contributed by atoms with Crippen LogP contribution in [0.15, 0.2) is 35.4 Å². The van der Waals surface area contributed by atoms with E-state index < -0.39 is 0 Å². The predicted molar refractivity (Wildman–Crippen MR) is 96.3 cm³/mol. The van der Waals surface area contributed by atoms with Gasteiger partial charge in [0, 0.05) is 17.6 Å². The Labute approximate surface area is 154 Å². The maximum absolute atomic E-state index is 13.2. The van der Waals surface area contributed by atoms with Crippen LogP contribution in [-0.2, 0) is 20.9 Å². The molecule has 142 valence electrons. The third-order valence-electron chi connectivity index (χ3n) is 4.86. The normalized spacial score (nSPS) is 18.7. The zero-order chi connectivity index (χ0) is 19.4. The summed E-state index contributed by atoms with van der Waals surface area (Å²) in [5, 5.41) is 1.92. The van der Waals surface area contributed by atoms with Gasteiger partial charge < -0.3 is 10.1 Å². The van der Waals surface area contributed by atoms with Gasteiger partial charge in [-0.1, -0.05) is 26.0 Å². The molecule has 26 heavy (non-hydrogen) atoms. The van der Waals surface area contributed by atoms with Crippen LogP contribution in [0.3, 0.4) is 0 Å². The Morgan fingerprint density at radius 2 is 1.88 bits per heavy atom. The zero-order valence-electron chi connectivity index (χ0n) is 16.1. The second-order valence-corrected chi connectivity index (χ2v) is 7.26. The average Bonchev–Trinajstić information content (AvgIpc) is 2.80. The molecule has 0 aromatic heterocycles. The van der Waals surface area contributed by atoms with Crippen molar-refractivity contribution in [3.8, 4) is 0 Å². The molecule has 0 saturated heterocycles. The van der Waals surface area contributed by atoms with E-state index in [0.717, 1.165) is 11.1 Å². The van der Waals surface area contributed by atoms with Gasteiger partial charge in [-0.25, -0.2) is 9.18 Å². The van der Waals surface area contributed by atoms with Gasteiger partial charge in [-0.2, -0.15) is 0 Å². The molecule has 0 saturated carbocycles. The second kappa shape index (κ2) is 8.45. The van der Waals surface area contributed by atoms with E-state index in [1.54, 1.807) is 24.0 Å². The zero-order valence-corrected chi connectivity index (χ0v) is 16.1. The number of carbonyl (C=O) groups excluding carboxylic acids is 2. The second-order valence-electron chi connectivity index (χ2n) is 7.26. The summed E-state index contributed by atoms with van der Waals surface area (Å²) < 4.78 is 18.1. The Balaban J connectivity index is 2.24. The molecule has 1 amide bonds. The number of hydrogen-bond donors (Lipinski definition) is 1. The number of carbonyl (C=O) groups is 2. The molecule has 1 aromatic carbocycles. The van der Waals surface area contributed by atoms with E-state index in [2.05, 4.69) is 0 Å². The molecule has 1 aliphatic rings. The minimum absolute atomic E-state index is 0.0544. The highest BCUT2D eigenvalue weighted by Gasteiger charge is 2.40. The van der Waals surface area contributed by atoms with Gasteiger partial charge in [0.2, 0.25) is 0 Å². The highest BCUT2D eigenvalue weighted by molar-refractivity contribution is 5.96. The van der Waals surface area contributed by atoms with Gasteiger partial charge in [0.25, 0.3) is 5.91 Å². The van der Waals surface area contributed by atoms with E-state index in [0.29, 0.717) is 24.5 Å². The molecule has 1 heterocycles. The molecule has 0 fully saturated rings. The van der Waals surface area contributed by atoms with Gasteiger partial charge in [-0.05, 0) is 37.5 Å². The summed E-state index contributed by atoms with van der Waals surface area (Å²) in [6.07, 6.45) is 0.393. The minimum Gasteiger partial charge on any atom is -0.465 e. The van der Waals surface area contributed by atoms with E-state index in [4.69, 9.17) is 4.74 Å². The summed E-state index contributed by atoms with van der Waals surface area (Å²) in [6.45, 7) is 8.19. The summed E-state index contributed by atoms with van der Waals surface area (Å²) in [6, 6.07) is 5.74. The number of ether oxygens (including phenoxy) is 1. The van der Waals surface area contributed by atoms with Gasteiger partial charge in [0.1, 0.15) is 5.82 Å². The molecular formula is C20H28FN2O3+. The third-order valence-corrected chi connectivity index (χ3v) is 4.86. The van der Waals surface area contributed by atoms with Crippen LogP contribution in [0.2, 0.25) is 0 Å². The van der Waals surface area contributed by atoms with E-state index >= 15 is 0 Å². The summed E-state index contributed by atoms with van der Waals surface area (Å²) in [7, 11) is 1.38. The fraction of sp³-hybridized carbons (Fsp3) is 0.500. The molecule has 1 aliphatic heterocycles. The first-order valence-electron chi connectivity index (χ1n) is 8.90. The first-order valence-corrected chi connectivity index (χ1v) is 8.90. The summed E-state index contributed by atoms with van der Waals surface area (Å²) >= 11 is 0. The van der Waals surface area contributed by atoms with Crippen LogP contribution in [-0.4, -0.2) is 36.1 Å². The standard InChI is InChI=1S/C20H27FN2O3/c1-12(2)10-17(20(25)26-5)22-18-13(3)14(4)19(24)23(18)11-15-6-8-16(21)9-7-15/h6-9,12,17-18,22H,10-11H2,1-5H3/p+1/t17-,18+/m1/s1. The summed E-state index contributed by atoms with van der Waals surface area (Å²) in [4.78, 5) is 26.6. The number of halogens is 1. The third kappa shape index (κ3) is 4.49. The molecule has 0 unspecified atom stereocenters. The number of benzene rings is 1. The quantitative estimate of drug-likeness (QED) is 0.754. The Hall–Kier alpha value is -2.21. The number of amides is 1. The molecule has 6 heteroatoms. The molecule has 5 nitrogen and oxygen atoms in total. The smallest absolute Gasteiger partial charge is 0.364 e. The number of quaternary nitrogens is 1. The molecule has 2 atom stereocenters. The molecule has 0 spiro atoms. The SMILES string of the molecule is COC(=O)[C@@H](CC(C)C)[NH2+][C@@H]1C(C)=C(C)C(=O)N1Cc1ccc(F)cc1. The fourth-order valence-electron chi connectivity index (χ4n) is 3.30. The van der Waals surface area contributed by atoms with Crippen LogP contribution in [0.4, 0.5) is 4.39 Å². The lowest BCUT2D eigenvalue weighted by molar-refractivity contribution is -0.719. The van der Waals surface area contributed by atoms with Crippen molar-refractivity contribution in [1.29, 1.82) is 0 Å². The number of nitrogens with two attached hydrogens (primary N) is 1. The first-order chi connectivity index (χ1) is 12.2.